The summed E-state index contributed by atoms with van der Waals surface area (Å²) in [5, 5.41) is 6.33. The van der Waals surface area contributed by atoms with E-state index in [4.69, 9.17) is 21.1 Å². The van der Waals surface area contributed by atoms with E-state index < -0.39 is 5.97 Å². The molecule has 1 heterocycles. The largest absolute Gasteiger partial charge is 0.493 e. The van der Waals surface area contributed by atoms with Crippen molar-refractivity contribution in [2.75, 3.05) is 7.11 Å². The van der Waals surface area contributed by atoms with E-state index in [1.54, 1.807) is 32.2 Å². The minimum atomic E-state index is -0.492. The third-order valence-corrected chi connectivity index (χ3v) is 4.97. The van der Waals surface area contributed by atoms with Crippen LogP contribution in [0.15, 0.2) is 65.3 Å². The lowest BCUT2D eigenvalue weighted by Crippen LogP contribution is -2.02. The average Bonchev–Trinajstić information content (AvgIpc) is 3.04. The van der Waals surface area contributed by atoms with Crippen molar-refractivity contribution in [1.29, 1.82) is 0 Å². The number of oxime groups is 1. The summed E-state index contributed by atoms with van der Waals surface area (Å²) in [6.07, 6.45) is 1.66. The zero-order chi connectivity index (χ0) is 20.4. The van der Waals surface area contributed by atoms with Crippen LogP contribution in [-0.4, -0.2) is 18.8 Å². The quantitative estimate of drug-likeness (QED) is 0.420. The highest BCUT2D eigenvalue weighted by molar-refractivity contribution is 6.32. The number of nitrogens with zero attached hydrogens (tertiary/aromatic N) is 1. The molecule has 0 saturated heterocycles. The molecule has 29 heavy (non-hydrogen) atoms. The number of carbonyl (C=O) groups is 1. The van der Waals surface area contributed by atoms with Gasteiger partial charge in [-0.05, 0) is 47.0 Å². The van der Waals surface area contributed by atoms with Crippen molar-refractivity contribution in [2.45, 2.75) is 13.5 Å². The van der Waals surface area contributed by atoms with Gasteiger partial charge >= 0.3 is 5.97 Å². The molecule has 0 spiro atoms. The predicted octanol–water partition coefficient (Wildman–Crippen LogP) is 5.40. The van der Waals surface area contributed by atoms with E-state index in [9.17, 15) is 4.79 Å². The van der Waals surface area contributed by atoms with E-state index in [1.807, 2.05) is 24.3 Å². The van der Waals surface area contributed by atoms with E-state index in [1.165, 1.54) is 0 Å². The lowest BCUT2D eigenvalue weighted by atomic mass is 10.1. The zero-order valence-electron chi connectivity index (χ0n) is 15.9. The van der Waals surface area contributed by atoms with Crippen molar-refractivity contribution in [3.05, 3.63) is 76.3 Å². The summed E-state index contributed by atoms with van der Waals surface area (Å²) >= 11 is 6.48. The zero-order valence-corrected chi connectivity index (χ0v) is 16.7. The highest BCUT2D eigenvalue weighted by atomic mass is 35.5. The van der Waals surface area contributed by atoms with Gasteiger partial charge < -0.3 is 14.3 Å². The number of hydrogen-bond donors (Lipinski definition) is 0. The molecule has 0 N–H and O–H groups in total. The first-order chi connectivity index (χ1) is 14.1. The molecule has 0 amide bonds. The van der Waals surface area contributed by atoms with Gasteiger partial charge in [-0.15, -0.1) is 0 Å². The van der Waals surface area contributed by atoms with Crippen molar-refractivity contribution in [1.82, 2.24) is 0 Å². The SMILES string of the molecule is COc1cc(/C=C2/C(=O)ON=C2C)cc(Cl)c1OCc1cccc2ccccc12. The van der Waals surface area contributed by atoms with Crippen LogP contribution in [0, 0.1) is 0 Å². The molecule has 0 fully saturated rings. The molecule has 0 aromatic heterocycles. The maximum absolute atomic E-state index is 11.8. The van der Waals surface area contributed by atoms with Gasteiger partial charge in [0.1, 0.15) is 6.61 Å². The van der Waals surface area contributed by atoms with Crippen LogP contribution in [0.4, 0.5) is 0 Å². The molecule has 1 aliphatic heterocycles. The number of methoxy groups -OCH3 is 1. The number of carbonyl (C=O) groups excluding carboxylic acids is 1. The smallest absolute Gasteiger partial charge is 0.367 e. The first kappa shape index (κ1) is 19.0. The maximum Gasteiger partial charge on any atom is 0.367 e. The summed E-state index contributed by atoms with van der Waals surface area (Å²) in [6.45, 7) is 2.05. The Morgan fingerprint density at radius 1 is 1.14 bits per heavy atom. The van der Waals surface area contributed by atoms with Gasteiger partial charge in [-0.3, -0.25) is 0 Å². The summed E-state index contributed by atoms with van der Waals surface area (Å²) in [7, 11) is 1.55. The van der Waals surface area contributed by atoms with Crippen molar-refractivity contribution >= 4 is 40.1 Å². The molecule has 146 valence electrons. The Morgan fingerprint density at radius 3 is 2.69 bits per heavy atom. The molecule has 5 nitrogen and oxygen atoms in total. The highest BCUT2D eigenvalue weighted by Gasteiger charge is 2.22. The van der Waals surface area contributed by atoms with E-state index in [0.29, 0.717) is 40.0 Å². The van der Waals surface area contributed by atoms with E-state index >= 15 is 0 Å². The van der Waals surface area contributed by atoms with Crippen LogP contribution in [0.3, 0.4) is 0 Å². The topological polar surface area (TPSA) is 57.1 Å². The lowest BCUT2D eigenvalue weighted by Gasteiger charge is -2.14. The number of ether oxygens (including phenoxy) is 2. The summed E-state index contributed by atoms with van der Waals surface area (Å²) < 4.78 is 11.5. The van der Waals surface area contributed by atoms with Crippen molar-refractivity contribution in [3.63, 3.8) is 0 Å². The fraction of sp³-hybridized carbons (Fsp3) is 0.130. The summed E-state index contributed by atoms with van der Waals surface area (Å²) in [5.74, 6) is 0.433. The third-order valence-electron chi connectivity index (χ3n) is 4.69. The van der Waals surface area contributed by atoms with E-state index in [2.05, 4.69) is 28.2 Å². The summed E-state index contributed by atoms with van der Waals surface area (Å²) in [6, 6.07) is 17.7. The van der Waals surface area contributed by atoms with Gasteiger partial charge in [0.05, 0.1) is 23.4 Å². The minimum Gasteiger partial charge on any atom is -0.493 e. The van der Waals surface area contributed by atoms with Crippen LogP contribution in [0.25, 0.3) is 16.8 Å². The Balaban J connectivity index is 1.63. The van der Waals surface area contributed by atoms with Gasteiger partial charge in [-0.1, -0.05) is 59.2 Å². The highest BCUT2D eigenvalue weighted by Crippen LogP contribution is 2.38. The predicted molar refractivity (Wildman–Crippen MR) is 113 cm³/mol. The molecule has 0 aliphatic carbocycles. The second-order valence-corrected chi connectivity index (χ2v) is 6.98. The van der Waals surface area contributed by atoms with Crippen molar-refractivity contribution in [3.8, 4) is 11.5 Å². The van der Waals surface area contributed by atoms with E-state index in [-0.39, 0.29) is 0 Å². The van der Waals surface area contributed by atoms with Crippen LogP contribution >= 0.6 is 11.6 Å². The van der Waals surface area contributed by atoms with Crippen LogP contribution in [0.1, 0.15) is 18.1 Å². The molecule has 0 atom stereocenters. The average molecular weight is 408 g/mol. The van der Waals surface area contributed by atoms with Crippen LogP contribution in [-0.2, 0) is 16.2 Å². The van der Waals surface area contributed by atoms with Gasteiger partial charge in [0.2, 0.25) is 0 Å². The molecule has 0 bridgehead atoms. The summed E-state index contributed by atoms with van der Waals surface area (Å²) in [5.41, 5.74) is 2.63. The van der Waals surface area contributed by atoms with Gasteiger partial charge in [0.15, 0.2) is 11.5 Å². The summed E-state index contributed by atoms with van der Waals surface area (Å²) in [4.78, 5) is 16.4. The fourth-order valence-corrected chi connectivity index (χ4v) is 3.49. The molecular formula is C23H18ClNO4. The molecule has 3 aromatic carbocycles. The Labute approximate surface area is 173 Å². The minimum absolute atomic E-state index is 0.343. The van der Waals surface area contributed by atoms with Gasteiger partial charge in [-0.25, -0.2) is 4.79 Å². The van der Waals surface area contributed by atoms with Crippen LogP contribution < -0.4 is 9.47 Å². The second kappa shape index (κ2) is 7.97. The lowest BCUT2D eigenvalue weighted by molar-refractivity contribution is -0.136. The standard InChI is InChI=1S/C23H18ClNO4/c1-14-19(23(26)29-25-14)10-15-11-20(24)22(21(12-15)27-2)28-13-17-8-5-7-16-6-3-4-9-18(16)17/h3-12H,13H2,1-2H3/b19-10+. The number of rotatable bonds is 5. The second-order valence-electron chi connectivity index (χ2n) is 6.57. The Morgan fingerprint density at radius 2 is 1.93 bits per heavy atom. The molecule has 0 radical (unpaired) electrons. The van der Waals surface area contributed by atoms with Crippen LogP contribution in [0.2, 0.25) is 5.02 Å². The van der Waals surface area contributed by atoms with E-state index in [0.717, 1.165) is 16.3 Å². The number of fused-ring (bicyclic) bond motifs is 1. The number of benzene rings is 3. The number of halogens is 1. The molecule has 1 aliphatic rings. The molecular weight excluding hydrogens is 390 g/mol. The Bertz CT molecular complexity index is 1160. The van der Waals surface area contributed by atoms with Crippen LogP contribution in [0.5, 0.6) is 11.5 Å². The molecule has 0 unspecified atom stereocenters. The normalized spacial score (nSPS) is 14.8. The molecule has 3 aromatic rings. The Kier molecular flexibility index (Phi) is 5.23. The first-order valence-corrected chi connectivity index (χ1v) is 9.39. The van der Waals surface area contributed by atoms with Gasteiger partial charge in [-0.2, -0.15) is 0 Å². The maximum atomic E-state index is 11.8. The Hall–Kier alpha value is -3.31. The number of hydrogen-bond acceptors (Lipinski definition) is 5. The third kappa shape index (κ3) is 3.82. The van der Waals surface area contributed by atoms with Gasteiger partial charge in [0, 0.05) is 0 Å². The molecule has 6 heteroatoms. The first-order valence-electron chi connectivity index (χ1n) is 9.02. The van der Waals surface area contributed by atoms with Crippen molar-refractivity contribution < 1.29 is 19.1 Å². The fourth-order valence-electron chi connectivity index (χ4n) is 3.22. The monoisotopic (exact) mass is 407 g/mol. The van der Waals surface area contributed by atoms with Gasteiger partial charge in [0.25, 0.3) is 0 Å². The molecule has 4 rings (SSSR count). The molecule has 0 saturated carbocycles. The van der Waals surface area contributed by atoms with Crippen molar-refractivity contribution in [2.24, 2.45) is 5.16 Å².